The summed E-state index contributed by atoms with van der Waals surface area (Å²) in [5, 5.41) is 14.2. The molecule has 0 radical (unpaired) electrons. The van der Waals surface area contributed by atoms with Gasteiger partial charge in [0.1, 0.15) is 11.6 Å². The van der Waals surface area contributed by atoms with Gasteiger partial charge in [-0.05, 0) is 24.3 Å². The highest BCUT2D eigenvalue weighted by Gasteiger charge is 2.22. The second-order valence-electron chi connectivity index (χ2n) is 3.70. The summed E-state index contributed by atoms with van der Waals surface area (Å²) in [4.78, 5) is 10.1. The van der Waals surface area contributed by atoms with E-state index < -0.39 is 16.6 Å². The van der Waals surface area contributed by atoms with Crippen molar-refractivity contribution in [2.75, 3.05) is 0 Å². The Kier molecular flexibility index (Phi) is 3.37. The molecule has 1 aromatic heterocycles. The molecule has 0 saturated carbocycles. The third-order valence-corrected chi connectivity index (χ3v) is 2.45. The van der Waals surface area contributed by atoms with Crippen LogP contribution in [0.25, 0.3) is 12.2 Å². The predicted molar refractivity (Wildman–Crippen MR) is 63.2 cm³/mol. The van der Waals surface area contributed by atoms with Crippen LogP contribution in [-0.2, 0) is 0 Å². The van der Waals surface area contributed by atoms with E-state index in [-0.39, 0.29) is 22.7 Å². The molecule has 0 amide bonds. The maximum atomic E-state index is 13.3. The van der Waals surface area contributed by atoms with E-state index >= 15 is 0 Å². The van der Waals surface area contributed by atoms with Gasteiger partial charge in [-0.1, -0.05) is 11.2 Å². The maximum absolute atomic E-state index is 13.3. The minimum atomic E-state index is -0.765. The van der Waals surface area contributed by atoms with Gasteiger partial charge in [-0.15, -0.1) is 0 Å². The average Bonchev–Trinajstić information content (AvgIpc) is 2.70. The molecular formula is C12H8F2N2O3. The molecular weight excluding hydrogens is 258 g/mol. The Balaban J connectivity index is 2.41. The third-order valence-electron chi connectivity index (χ3n) is 2.45. The van der Waals surface area contributed by atoms with Crippen LogP contribution in [0.3, 0.4) is 0 Å². The largest absolute Gasteiger partial charge is 0.354 e. The molecule has 7 heteroatoms. The minimum Gasteiger partial charge on any atom is -0.354 e. The lowest BCUT2D eigenvalue weighted by atomic mass is 10.1. The number of halogens is 2. The number of benzene rings is 1. The summed E-state index contributed by atoms with van der Waals surface area (Å²) < 4.78 is 31.4. The molecule has 1 heterocycles. The molecule has 0 aliphatic carbocycles. The van der Waals surface area contributed by atoms with Gasteiger partial charge in [0.25, 0.3) is 0 Å². The first-order valence-corrected chi connectivity index (χ1v) is 5.23. The third kappa shape index (κ3) is 2.49. The van der Waals surface area contributed by atoms with Crippen molar-refractivity contribution in [1.82, 2.24) is 5.16 Å². The highest BCUT2D eigenvalue weighted by Crippen LogP contribution is 2.25. The van der Waals surface area contributed by atoms with Crippen LogP contribution in [0.15, 0.2) is 22.7 Å². The quantitative estimate of drug-likeness (QED) is 0.631. The molecule has 0 unspecified atom stereocenters. The van der Waals surface area contributed by atoms with Crippen molar-refractivity contribution in [3.63, 3.8) is 0 Å². The second kappa shape index (κ2) is 4.97. The van der Waals surface area contributed by atoms with Crippen LogP contribution in [0, 0.1) is 28.7 Å². The zero-order valence-electron chi connectivity index (χ0n) is 9.76. The van der Waals surface area contributed by atoms with E-state index in [0.29, 0.717) is 0 Å². The second-order valence-corrected chi connectivity index (χ2v) is 3.70. The van der Waals surface area contributed by atoms with Crippen LogP contribution >= 0.6 is 0 Å². The molecule has 2 rings (SSSR count). The predicted octanol–water partition coefficient (Wildman–Crippen LogP) is 3.34. The molecule has 0 spiro atoms. The standard InChI is InChI=1S/C12H8F2N2O3/c1-7-12(16(17)18)11(15-19-7)6-5-8-9(13)3-2-4-10(8)14/h2-6H,1H3. The summed E-state index contributed by atoms with van der Waals surface area (Å²) >= 11 is 0. The molecule has 98 valence electrons. The lowest BCUT2D eigenvalue weighted by Gasteiger charge is -1.97. The van der Waals surface area contributed by atoms with Crippen LogP contribution in [0.4, 0.5) is 14.5 Å². The Bertz CT molecular complexity index is 645. The van der Waals surface area contributed by atoms with E-state index in [1.54, 1.807) is 0 Å². The average molecular weight is 266 g/mol. The fraction of sp³-hybridized carbons (Fsp3) is 0.0833. The number of aromatic nitrogens is 1. The van der Waals surface area contributed by atoms with Gasteiger partial charge in [-0.2, -0.15) is 0 Å². The number of hydrogen-bond donors (Lipinski definition) is 0. The van der Waals surface area contributed by atoms with Crippen molar-refractivity contribution in [1.29, 1.82) is 0 Å². The van der Waals surface area contributed by atoms with Crippen LogP contribution in [-0.4, -0.2) is 10.1 Å². The van der Waals surface area contributed by atoms with Crippen LogP contribution in [0.5, 0.6) is 0 Å². The molecule has 0 atom stereocenters. The maximum Gasteiger partial charge on any atom is 0.338 e. The van der Waals surface area contributed by atoms with Gasteiger partial charge >= 0.3 is 5.69 Å². The molecule has 2 aromatic rings. The number of aryl methyl sites for hydroxylation is 1. The Labute approximate surface area is 106 Å². The van der Waals surface area contributed by atoms with E-state index in [0.717, 1.165) is 24.3 Å². The minimum absolute atomic E-state index is 0.0265. The van der Waals surface area contributed by atoms with Crippen molar-refractivity contribution in [3.05, 3.63) is 57.0 Å². The van der Waals surface area contributed by atoms with Crippen molar-refractivity contribution in [2.24, 2.45) is 0 Å². The summed E-state index contributed by atoms with van der Waals surface area (Å²) in [5.41, 5.74) is -0.712. The Morgan fingerprint density at radius 3 is 2.53 bits per heavy atom. The molecule has 0 N–H and O–H groups in total. The van der Waals surface area contributed by atoms with E-state index in [1.807, 2.05) is 0 Å². The molecule has 1 aromatic carbocycles. The monoisotopic (exact) mass is 266 g/mol. The van der Waals surface area contributed by atoms with Gasteiger partial charge in [-0.25, -0.2) is 8.78 Å². The molecule has 0 saturated heterocycles. The lowest BCUT2D eigenvalue weighted by molar-refractivity contribution is -0.386. The van der Waals surface area contributed by atoms with E-state index in [4.69, 9.17) is 0 Å². The molecule has 0 aliphatic heterocycles. The van der Waals surface area contributed by atoms with Crippen LogP contribution in [0.2, 0.25) is 0 Å². The van der Waals surface area contributed by atoms with Crippen LogP contribution < -0.4 is 0 Å². The summed E-state index contributed by atoms with van der Waals surface area (Å²) in [6, 6.07) is 3.40. The zero-order valence-corrected chi connectivity index (χ0v) is 9.76. The first-order chi connectivity index (χ1) is 9.00. The Hall–Kier alpha value is -2.57. The topological polar surface area (TPSA) is 69.2 Å². The summed E-state index contributed by atoms with van der Waals surface area (Å²) in [7, 11) is 0. The molecule has 0 bridgehead atoms. The van der Waals surface area contributed by atoms with Gasteiger partial charge in [0, 0.05) is 12.5 Å². The van der Waals surface area contributed by atoms with E-state index in [2.05, 4.69) is 9.68 Å². The number of hydrogen-bond acceptors (Lipinski definition) is 4. The van der Waals surface area contributed by atoms with Gasteiger partial charge in [0.05, 0.1) is 4.92 Å². The number of nitrogens with zero attached hydrogens (tertiary/aromatic N) is 2. The first-order valence-electron chi connectivity index (χ1n) is 5.23. The van der Waals surface area contributed by atoms with Gasteiger partial charge in [-0.3, -0.25) is 10.1 Å². The van der Waals surface area contributed by atoms with Crippen LogP contribution in [0.1, 0.15) is 17.0 Å². The van der Waals surface area contributed by atoms with E-state index in [1.165, 1.54) is 13.0 Å². The van der Waals surface area contributed by atoms with Crippen molar-refractivity contribution < 1.29 is 18.2 Å². The van der Waals surface area contributed by atoms with E-state index in [9.17, 15) is 18.9 Å². The summed E-state index contributed by atoms with van der Waals surface area (Å²) in [6.45, 7) is 1.38. The SMILES string of the molecule is Cc1onc(C=Cc2c(F)cccc2F)c1[N+](=O)[O-]. The van der Waals surface area contributed by atoms with Gasteiger partial charge in [0.2, 0.25) is 5.76 Å². The summed E-state index contributed by atoms with van der Waals surface area (Å²) in [5.74, 6) is -1.50. The fourth-order valence-corrected chi connectivity index (χ4v) is 1.55. The van der Waals surface area contributed by atoms with Gasteiger partial charge < -0.3 is 4.52 Å². The molecule has 0 aliphatic rings. The number of nitro groups is 1. The van der Waals surface area contributed by atoms with Gasteiger partial charge in [0.15, 0.2) is 5.69 Å². The summed E-state index contributed by atoms with van der Waals surface area (Å²) in [6.07, 6.45) is 2.21. The van der Waals surface area contributed by atoms with Crippen molar-refractivity contribution >= 4 is 17.8 Å². The Morgan fingerprint density at radius 2 is 1.95 bits per heavy atom. The first kappa shape index (κ1) is 12.9. The normalized spacial score (nSPS) is 11.1. The van der Waals surface area contributed by atoms with Crippen molar-refractivity contribution in [2.45, 2.75) is 6.92 Å². The van der Waals surface area contributed by atoms with Crippen molar-refractivity contribution in [3.8, 4) is 0 Å². The molecule has 5 nitrogen and oxygen atoms in total. The smallest absolute Gasteiger partial charge is 0.338 e. The number of rotatable bonds is 3. The highest BCUT2D eigenvalue weighted by molar-refractivity contribution is 5.72. The molecule has 19 heavy (non-hydrogen) atoms. The highest BCUT2D eigenvalue weighted by atomic mass is 19.1. The lowest BCUT2D eigenvalue weighted by Crippen LogP contribution is -1.91. The fourth-order valence-electron chi connectivity index (χ4n) is 1.55. The Morgan fingerprint density at radius 1 is 1.32 bits per heavy atom. The molecule has 0 fully saturated rings. The zero-order chi connectivity index (χ0) is 14.0.